The number of hydrogen-bond acceptors (Lipinski definition) is 4. The molecule has 0 radical (unpaired) electrons. The molecule has 6 nitrogen and oxygen atoms in total. The number of ether oxygens (including phenoxy) is 1. The van der Waals surface area contributed by atoms with E-state index in [2.05, 4.69) is 17.4 Å². The maximum atomic E-state index is 12.4. The fraction of sp³-hybridized carbons (Fsp3) is 0.316. The van der Waals surface area contributed by atoms with E-state index in [0.717, 1.165) is 18.4 Å². The van der Waals surface area contributed by atoms with E-state index in [4.69, 9.17) is 4.74 Å². The molecule has 0 heterocycles. The predicted molar refractivity (Wildman–Crippen MR) is 95.1 cm³/mol. The van der Waals surface area contributed by atoms with Crippen molar-refractivity contribution in [3.63, 3.8) is 0 Å². The van der Waals surface area contributed by atoms with Crippen molar-refractivity contribution in [1.29, 1.82) is 0 Å². The topological polar surface area (TPSA) is 81.5 Å². The van der Waals surface area contributed by atoms with Gasteiger partial charge in [-0.1, -0.05) is 18.2 Å². The third kappa shape index (κ3) is 3.96. The van der Waals surface area contributed by atoms with Crippen LogP contribution in [-0.4, -0.2) is 17.9 Å². The minimum absolute atomic E-state index is 0.0927. The van der Waals surface area contributed by atoms with Gasteiger partial charge in [-0.15, -0.1) is 0 Å². The van der Waals surface area contributed by atoms with Gasteiger partial charge in [0, 0.05) is 12.1 Å². The molecule has 0 unspecified atom stereocenters. The first kappa shape index (κ1) is 17.0. The highest BCUT2D eigenvalue weighted by atomic mass is 16.6. The van der Waals surface area contributed by atoms with Crippen molar-refractivity contribution >= 4 is 17.3 Å². The number of nitro benzene ring substituents is 1. The van der Waals surface area contributed by atoms with Crippen molar-refractivity contribution in [2.24, 2.45) is 0 Å². The standard InChI is InChI=1S/C19H20N2O4/c1-25-18-9-8-16(21(23)24)12-17(18)20-19(22)11-13-6-7-14-4-2-3-5-15(14)10-13/h6-10,12H,2-5,11H2,1H3,(H,20,22). The molecule has 0 spiro atoms. The molecule has 2 aromatic carbocycles. The van der Waals surface area contributed by atoms with Crippen molar-refractivity contribution in [3.05, 3.63) is 63.2 Å². The lowest BCUT2D eigenvalue weighted by molar-refractivity contribution is -0.384. The van der Waals surface area contributed by atoms with E-state index in [1.807, 2.05) is 6.07 Å². The number of carbonyl (C=O) groups excluding carboxylic acids is 1. The smallest absolute Gasteiger partial charge is 0.271 e. The Morgan fingerprint density at radius 2 is 1.92 bits per heavy atom. The molecule has 130 valence electrons. The summed E-state index contributed by atoms with van der Waals surface area (Å²) in [6, 6.07) is 10.3. The SMILES string of the molecule is COc1ccc([N+](=O)[O-])cc1NC(=O)Cc1ccc2c(c1)CCCC2. The number of anilines is 1. The molecule has 3 rings (SSSR count). The summed E-state index contributed by atoms with van der Waals surface area (Å²) in [5, 5.41) is 13.6. The number of benzene rings is 2. The van der Waals surface area contributed by atoms with Crippen molar-refractivity contribution in [3.8, 4) is 5.75 Å². The number of non-ortho nitro benzene ring substituents is 1. The number of hydrogen-bond donors (Lipinski definition) is 1. The number of carbonyl (C=O) groups is 1. The molecule has 0 aromatic heterocycles. The fourth-order valence-electron chi connectivity index (χ4n) is 3.18. The second-order valence-corrected chi connectivity index (χ2v) is 6.18. The van der Waals surface area contributed by atoms with Crippen LogP contribution < -0.4 is 10.1 Å². The summed E-state index contributed by atoms with van der Waals surface area (Å²) < 4.78 is 5.17. The van der Waals surface area contributed by atoms with Crippen LogP contribution >= 0.6 is 0 Å². The Bertz CT molecular complexity index is 817. The summed E-state index contributed by atoms with van der Waals surface area (Å²) in [5.74, 6) is 0.166. The number of rotatable bonds is 5. The largest absolute Gasteiger partial charge is 0.495 e. The quantitative estimate of drug-likeness (QED) is 0.665. The van der Waals surface area contributed by atoms with Crippen molar-refractivity contribution in [1.82, 2.24) is 0 Å². The first-order valence-electron chi connectivity index (χ1n) is 8.30. The van der Waals surface area contributed by atoms with E-state index < -0.39 is 4.92 Å². The van der Waals surface area contributed by atoms with Gasteiger partial charge in [0.15, 0.2) is 0 Å². The normalized spacial score (nSPS) is 13.0. The highest BCUT2D eigenvalue weighted by Crippen LogP contribution is 2.29. The monoisotopic (exact) mass is 340 g/mol. The Morgan fingerprint density at radius 3 is 2.64 bits per heavy atom. The van der Waals surface area contributed by atoms with Gasteiger partial charge >= 0.3 is 0 Å². The molecule has 0 fully saturated rings. The molecule has 1 amide bonds. The summed E-state index contributed by atoms with van der Waals surface area (Å²) in [6.45, 7) is 0. The molecule has 1 N–H and O–H groups in total. The van der Waals surface area contributed by atoms with Gasteiger partial charge < -0.3 is 10.1 Å². The summed E-state index contributed by atoms with van der Waals surface area (Å²) in [5.41, 5.74) is 3.85. The molecule has 6 heteroatoms. The van der Waals surface area contributed by atoms with E-state index in [-0.39, 0.29) is 18.0 Å². The number of aryl methyl sites for hydroxylation is 2. The van der Waals surface area contributed by atoms with E-state index in [9.17, 15) is 14.9 Å². The zero-order chi connectivity index (χ0) is 17.8. The van der Waals surface area contributed by atoms with Crippen molar-refractivity contribution in [2.45, 2.75) is 32.1 Å². The van der Waals surface area contributed by atoms with Gasteiger partial charge in [0.05, 0.1) is 24.1 Å². The summed E-state index contributed by atoms with van der Waals surface area (Å²) >= 11 is 0. The van der Waals surface area contributed by atoms with E-state index >= 15 is 0 Å². The van der Waals surface area contributed by atoms with Gasteiger partial charge in [0.2, 0.25) is 5.91 Å². The number of amides is 1. The number of methoxy groups -OCH3 is 1. The molecule has 0 bridgehead atoms. The maximum absolute atomic E-state index is 12.4. The summed E-state index contributed by atoms with van der Waals surface area (Å²) in [7, 11) is 1.46. The van der Waals surface area contributed by atoms with Gasteiger partial charge in [-0.2, -0.15) is 0 Å². The van der Waals surface area contributed by atoms with Crippen molar-refractivity contribution < 1.29 is 14.5 Å². The number of nitrogens with one attached hydrogen (secondary N) is 1. The van der Waals surface area contributed by atoms with E-state index in [0.29, 0.717) is 11.4 Å². The molecular weight excluding hydrogens is 320 g/mol. The maximum Gasteiger partial charge on any atom is 0.271 e. The van der Waals surface area contributed by atoms with Gasteiger partial charge in [0.25, 0.3) is 5.69 Å². The number of fused-ring (bicyclic) bond motifs is 1. The van der Waals surface area contributed by atoms with Crippen LogP contribution in [0.15, 0.2) is 36.4 Å². The summed E-state index contributed by atoms with van der Waals surface area (Å²) in [4.78, 5) is 22.8. The molecule has 25 heavy (non-hydrogen) atoms. The lowest BCUT2D eigenvalue weighted by Gasteiger charge is -2.16. The Hall–Kier alpha value is -2.89. The van der Waals surface area contributed by atoms with Crippen LogP contribution in [-0.2, 0) is 24.1 Å². The van der Waals surface area contributed by atoms with Crippen LogP contribution in [0.2, 0.25) is 0 Å². The van der Waals surface area contributed by atoms with Gasteiger partial charge in [-0.3, -0.25) is 14.9 Å². The Morgan fingerprint density at radius 1 is 1.16 bits per heavy atom. The Kier molecular flexibility index (Phi) is 4.97. The molecule has 0 saturated carbocycles. The second kappa shape index (κ2) is 7.34. The number of nitrogens with zero attached hydrogens (tertiary/aromatic N) is 1. The lowest BCUT2D eigenvalue weighted by Crippen LogP contribution is -2.15. The Labute approximate surface area is 146 Å². The zero-order valence-electron chi connectivity index (χ0n) is 14.1. The highest BCUT2D eigenvalue weighted by Gasteiger charge is 2.15. The van der Waals surface area contributed by atoms with E-state index in [1.165, 1.54) is 49.3 Å². The van der Waals surface area contributed by atoms with Crippen LogP contribution in [0.5, 0.6) is 5.75 Å². The minimum Gasteiger partial charge on any atom is -0.495 e. The fourth-order valence-corrected chi connectivity index (χ4v) is 3.18. The van der Waals surface area contributed by atoms with E-state index in [1.54, 1.807) is 0 Å². The molecule has 0 saturated heterocycles. The zero-order valence-corrected chi connectivity index (χ0v) is 14.1. The third-order valence-corrected chi connectivity index (χ3v) is 4.45. The minimum atomic E-state index is -0.501. The molecular formula is C19H20N2O4. The van der Waals surface area contributed by atoms with Gasteiger partial charge in [-0.05, 0) is 48.4 Å². The second-order valence-electron chi connectivity index (χ2n) is 6.18. The van der Waals surface area contributed by atoms with Crippen molar-refractivity contribution in [2.75, 3.05) is 12.4 Å². The van der Waals surface area contributed by atoms with Crippen LogP contribution in [0, 0.1) is 10.1 Å². The van der Waals surface area contributed by atoms with Crippen LogP contribution in [0.3, 0.4) is 0 Å². The van der Waals surface area contributed by atoms with Crippen LogP contribution in [0.4, 0.5) is 11.4 Å². The lowest BCUT2D eigenvalue weighted by atomic mass is 9.90. The molecule has 0 atom stereocenters. The summed E-state index contributed by atoms with van der Waals surface area (Å²) in [6.07, 6.45) is 4.79. The van der Waals surface area contributed by atoms with Gasteiger partial charge in [-0.25, -0.2) is 0 Å². The average molecular weight is 340 g/mol. The average Bonchev–Trinajstić information content (AvgIpc) is 2.61. The Balaban J connectivity index is 1.74. The number of nitro groups is 1. The van der Waals surface area contributed by atoms with Crippen LogP contribution in [0.1, 0.15) is 29.5 Å². The predicted octanol–water partition coefficient (Wildman–Crippen LogP) is 3.66. The first-order chi connectivity index (χ1) is 12.1. The third-order valence-electron chi connectivity index (χ3n) is 4.45. The first-order valence-corrected chi connectivity index (χ1v) is 8.30. The highest BCUT2D eigenvalue weighted by molar-refractivity contribution is 5.94. The molecule has 1 aliphatic carbocycles. The molecule has 1 aliphatic rings. The van der Waals surface area contributed by atoms with Gasteiger partial charge in [0.1, 0.15) is 5.75 Å². The van der Waals surface area contributed by atoms with Crippen LogP contribution in [0.25, 0.3) is 0 Å². The molecule has 2 aromatic rings. The molecule has 0 aliphatic heterocycles.